The van der Waals surface area contributed by atoms with E-state index in [0.717, 1.165) is 6.42 Å². The number of aromatic nitrogens is 1. The summed E-state index contributed by atoms with van der Waals surface area (Å²) in [4.78, 5) is 24.8. The summed E-state index contributed by atoms with van der Waals surface area (Å²) in [5, 5.41) is 9.51. The number of carboxylic acids is 1. The van der Waals surface area contributed by atoms with E-state index in [1.54, 1.807) is 28.8 Å². The van der Waals surface area contributed by atoms with Crippen LogP contribution in [0.2, 0.25) is 5.02 Å². The first kappa shape index (κ1) is 13.0. The fourth-order valence-electron chi connectivity index (χ4n) is 2.26. The topological polar surface area (TPSA) is 62.5 Å². The maximum atomic E-state index is 12.3. The molecular formula is C12H15ClN2O3. The van der Waals surface area contributed by atoms with Crippen LogP contribution in [-0.4, -0.2) is 39.5 Å². The van der Waals surface area contributed by atoms with Crippen LogP contribution in [0.25, 0.3) is 0 Å². The van der Waals surface area contributed by atoms with Gasteiger partial charge in [0.1, 0.15) is 5.69 Å². The van der Waals surface area contributed by atoms with Crippen LogP contribution in [0.1, 0.15) is 23.3 Å². The van der Waals surface area contributed by atoms with Crippen LogP contribution in [0, 0.1) is 5.92 Å². The van der Waals surface area contributed by atoms with Crippen molar-refractivity contribution in [3.8, 4) is 0 Å². The van der Waals surface area contributed by atoms with Crippen molar-refractivity contribution in [3.05, 3.63) is 23.0 Å². The Labute approximate surface area is 110 Å². The van der Waals surface area contributed by atoms with Gasteiger partial charge in [0.25, 0.3) is 5.91 Å². The molecule has 0 aromatic carbocycles. The molecule has 0 saturated carbocycles. The molecule has 1 atom stereocenters. The Bertz CT molecular complexity index is 484. The van der Waals surface area contributed by atoms with Gasteiger partial charge in [-0.2, -0.15) is 0 Å². The van der Waals surface area contributed by atoms with Gasteiger partial charge in [0.15, 0.2) is 0 Å². The van der Waals surface area contributed by atoms with Gasteiger partial charge in [-0.05, 0) is 18.9 Å². The normalized spacial score (nSPS) is 19.9. The summed E-state index contributed by atoms with van der Waals surface area (Å²) in [7, 11) is 1.75. The zero-order valence-electron chi connectivity index (χ0n) is 10.1. The van der Waals surface area contributed by atoms with Crippen LogP contribution in [-0.2, 0) is 11.8 Å². The molecule has 1 N–H and O–H groups in total. The molecule has 6 heteroatoms. The van der Waals surface area contributed by atoms with Gasteiger partial charge >= 0.3 is 5.97 Å². The Kier molecular flexibility index (Phi) is 3.61. The highest BCUT2D eigenvalue weighted by molar-refractivity contribution is 6.31. The highest BCUT2D eigenvalue weighted by atomic mass is 35.5. The Hall–Kier alpha value is -1.49. The van der Waals surface area contributed by atoms with Gasteiger partial charge in [0.05, 0.1) is 10.9 Å². The van der Waals surface area contributed by atoms with Gasteiger partial charge < -0.3 is 14.6 Å². The summed E-state index contributed by atoms with van der Waals surface area (Å²) in [5.74, 6) is -1.45. The van der Waals surface area contributed by atoms with Gasteiger partial charge in [-0.3, -0.25) is 9.59 Å². The average Bonchev–Trinajstić information content (AvgIpc) is 2.67. The molecule has 5 nitrogen and oxygen atoms in total. The lowest BCUT2D eigenvalue weighted by Crippen LogP contribution is -2.42. The molecular weight excluding hydrogens is 256 g/mol. The average molecular weight is 271 g/mol. The van der Waals surface area contributed by atoms with E-state index in [9.17, 15) is 9.59 Å². The molecule has 98 valence electrons. The smallest absolute Gasteiger partial charge is 0.308 e. The molecule has 1 aromatic heterocycles. The second kappa shape index (κ2) is 5.02. The standard InChI is InChI=1S/C12H15ClN2O3/c1-14-7-9(13)5-10(14)11(16)15-4-2-3-8(6-15)12(17)18/h5,7-8H,2-4,6H2,1H3,(H,17,18)/t8-/m1/s1. The third kappa shape index (κ3) is 2.51. The lowest BCUT2D eigenvalue weighted by atomic mass is 9.98. The van der Waals surface area contributed by atoms with Crippen molar-refractivity contribution in [3.63, 3.8) is 0 Å². The zero-order valence-corrected chi connectivity index (χ0v) is 10.9. The summed E-state index contributed by atoms with van der Waals surface area (Å²) in [6, 6.07) is 1.61. The van der Waals surface area contributed by atoms with Crippen molar-refractivity contribution < 1.29 is 14.7 Å². The maximum Gasteiger partial charge on any atom is 0.308 e. The van der Waals surface area contributed by atoms with E-state index in [2.05, 4.69) is 0 Å². The number of hydrogen-bond acceptors (Lipinski definition) is 2. The van der Waals surface area contributed by atoms with E-state index in [0.29, 0.717) is 23.7 Å². The monoisotopic (exact) mass is 270 g/mol. The summed E-state index contributed by atoms with van der Waals surface area (Å²) >= 11 is 5.84. The number of nitrogens with zero attached hydrogens (tertiary/aromatic N) is 2. The van der Waals surface area contributed by atoms with Crippen molar-refractivity contribution in [1.82, 2.24) is 9.47 Å². The van der Waals surface area contributed by atoms with Gasteiger partial charge in [-0.15, -0.1) is 0 Å². The van der Waals surface area contributed by atoms with Crippen molar-refractivity contribution >= 4 is 23.5 Å². The van der Waals surface area contributed by atoms with Crippen LogP contribution >= 0.6 is 11.6 Å². The fraction of sp³-hybridized carbons (Fsp3) is 0.500. The Morgan fingerprint density at radius 3 is 2.78 bits per heavy atom. The summed E-state index contributed by atoms with van der Waals surface area (Å²) in [5.41, 5.74) is 0.492. The van der Waals surface area contributed by atoms with Crippen molar-refractivity contribution in [2.75, 3.05) is 13.1 Å². The number of carbonyl (C=O) groups excluding carboxylic acids is 1. The first-order valence-electron chi connectivity index (χ1n) is 5.83. The van der Waals surface area contributed by atoms with Gasteiger partial charge in [-0.1, -0.05) is 11.6 Å². The number of piperidine rings is 1. The second-order valence-corrected chi connectivity index (χ2v) is 5.02. The third-order valence-electron chi connectivity index (χ3n) is 3.25. The predicted octanol–water partition coefficient (Wildman–Crippen LogP) is 1.62. The van der Waals surface area contributed by atoms with Gasteiger partial charge in [0, 0.05) is 26.3 Å². The molecule has 1 amide bonds. The minimum atomic E-state index is -0.836. The molecule has 0 unspecified atom stereocenters. The molecule has 0 spiro atoms. The molecule has 18 heavy (non-hydrogen) atoms. The van der Waals surface area contributed by atoms with Gasteiger partial charge in [-0.25, -0.2) is 0 Å². The number of hydrogen-bond donors (Lipinski definition) is 1. The predicted molar refractivity (Wildman–Crippen MR) is 66.7 cm³/mol. The zero-order chi connectivity index (χ0) is 13.3. The minimum absolute atomic E-state index is 0.157. The van der Waals surface area contributed by atoms with E-state index >= 15 is 0 Å². The van der Waals surface area contributed by atoms with Crippen molar-refractivity contribution in [1.29, 1.82) is 0 Å². The number of halogens is 1. The summed E-state index contributed by atoms with van der Waals surface area (Å²) < 4.78 is 1.66. The lowest BCUT2D eigenvalue weighted by Gasteiger charge is -2.30. The molecule has 1 saturated heterocycles. The van der Waals surface area contributed by atoms with E-state index < -0.39 is 11.9 Å². The quantitative estimate of drug-likeness (QED) is 0.888. The lowest BCUT2D eigenvalue weighted by molar-refractivity contribution is -0.143. The van der Waals surface area contributed by atoms with Crippen LogP contribution in [0.3, 0.4) is 0 Å². The fourth-order valence-corrected chi connectivity index (χ4v) is 2.51. The Balaban J connectivity index is 2.14. The third-order valence-corrected chi connectivity index (χ3v) is 3.46. The number of likely N-dealkylation sites (tertiary alicyclic amines) is 1. The molecule has 1 aliphatic heterocycles. The molecule has 1 aliphatic rings. The number of aliphatic carboxylic acids is 1. The van der Waals surface area contributed by atoms with Crippen molar-refractivity contribution in [2.24, 2.45) is 13.0 Å². The van der Waals surface area contributed by atoms with E-state index in [1.165, 1.54) is 0 Å². The summed E-state index contributed by atoms with van der Waals surface area (Å²) in [6.07, 6.45) is 3.02. The number of carboxylic acid groups (broad SMARTS) is 1. The van der Waals surface area contributed by atoms with Crippen LogP contribution in [0.4, 0.5) is 0 Å². The molecule has 0 radical (unpaired) electrons. The number of carbonyl (C=O) groups is 2. The number of rotatable bonds is 2. The van der Waals surface area contributed by atoms with E-state index in [1.807, 2.05) is 0 Å². The number of amides is 1. The Morgan fingerprint density at radius 1 is 1.50 bits per heavy atom. The van der Waals surface area contributed by atoms with E-state index in [4.69, 9.17) is 16.7 Å². The molecule has 1 aromatic rings. The molecule has 0 aliphatic carbocycles. The SMILES string of the molecule is Cn1cc(Cl)cc1C(=O)N1CCC[C@@H](C(=O)O)C1. The molecule has 1 fully saturated rings. The van der Waals surface area contributed by atoms with E-state index in [-0.39, 0.29) is 12.5 Å². The van der Waals surface area contributed by atoms with Crippen LogP contribution in [0.5, 0.6) is 0 Å². The largest absolute Gasteiger partial charge is 0.481 e. The first-order chi connectivity index (χ1) is 8.49. The highest BCUT2D eigenvalue weighted by Gasteiger charge is 2.29. The molecule has 2 rings (SSSR count). The van der Waals surface area contributed by atoms with Crippen LogP contribution < -0.4 is 0 Å². The van der Waals surface area contributed by atoms with Crippen molar-refractivity contribution in [2.45, 2.75) is 12.8 Å². The van der Waals surface area contributed by atoms with Gasteiger partial charge in [0.2, 0.25) is 0 Å². The highest BCUT2D eigenvalue weighted by Crippen LogP contribution is 2.20. The summed E-state index contributed by atoms with van der Waals surface area (Å²) in [6.45, 7) is 0.877. The number of aryl methyl sites for hydroxylation is 1. The molecule has 2 heterocycles. The van der Waals surface area contributed by atoms with Crippen LogP contribution in [0.15, 0.2) is 12.3 Å². The maximum absolute atomic E-state index is 12.3. The second-order valence-electron chi connectivity index (χ2n) is 4.58. The Morgan fingerprint density at radius 2 is 2.22 bits per heavy atom. The minimum Gasteiger partial charge on any atom is -0.481 e. The first-order valence-corrected chi connectivity index (χ1v) is 6.21. The molecule has 0 bridgehead atoms.